The topological polar surface area (TPSA) is 96.8 Å². The van der Waals surface area contributed by atoms with E-state index in [1.165, 1.54) is 0 Å². The van der Waals surface area contributed by atoms with Crippen LogP contribution in [0.1, 0.15) is 46.1 Å². The van der Waals surface area contributed by atoms with Gasteiger partial charge in [0.15, 0.2) is 0 Å². The molecular weight excluding hydrogens is 536 g/mol. The van der Waals surface area contributed by atoms with Crippen LogP contribution in [0.25, 0.3) is 0 Å². The van der Waals surface area contributed by atoms with Crippen LogP contribution < -0.4 is 14.8 Å². The van der Waals surface area contributed by atoms with Gasteiger partial charge in [-0.05, 0) is 48.2 Å². The second-order valence-electron chi connectivity index (χ2n) is 10.6. The zero-order valence-corrected chi connectivity index (χ0v) is 25.4. The molecule has 9 heteroatoms. The number of carbonyl (C=O) groups excluding carboxylic acids is 1. The Morgan fingerprint density at radius 3 is 2.48 bits per heavy atom. The summed E-state index contributed by atoms with van der Waals surface area (Å²) in [5.41, 5.74) is 1.14. The number of rotatable bonds is 17. The van der Waals surface area contributed by atoms with Gasteiger partial charge in [-0.15, -0.1) is 0 Å². The molecule has 0 radical (unpaired) electrons. The maximum absolute atomic E-state index is 12.1. The van der Waals surface area contributed by atoms with Crippen molar-refractivity contribution in [2.75, 3.05) is 26.9 Å². The highest BCUT2D eigenvalue weighted by molar-refractivity contribution is 5.67. The summed E-state index contributed by atoms with van der Waals surface area (Å²) in [6, 6.07) is 17.5. The average molecular weight is 583 g/mol. The van der Waals surface area contributed by atoms with E-state index in [9.17, 15) is 4.79 Å². The number of hydrogen-bond donors (Lipinski definition) is 1. The van der Waals surface area contributed by atoms with E-state index >= 15 is 0 Å². The molecular formula is C33H46N2O7. The van der Waals surface area contributed by atoms with E-state index in [4.69, 9.17) is 28.5 Å². The first kappa shape index (κ1) is 32.9. The summed E-state index contributed by atoms with van der Waals surface area (Å²) in [4.78, 5) is 17.6. The second kappa shape index (κ2) is 18.1. The fourth-order valence-corrected chi connectivity index (χ4v) is 4.53. The van der Waals surface area contributed by atoms with Crippen molar-refractivity contribution in [1.82, 2.24) is 5.32 Å². The normalized spacial score (nSPS) is 19.8. The first-order chi connectivity index (χ1) is 20.4. The molecule has 0 bridgehead atoms. The Bertz CT molecular complexity index is 1090. The molecule has 0 aromatic heterocycles. The van der Waals surface area contributed by atoms with Crippen LogP contribution in [-0.2, 0) is 25.7 Å². The Morgan fingerprint density at radius 2 is 1.79 bits per heavy atom. The van der Waals surface area contributed by atoms with Gasteiger partial charge in [0.25, 0.3) is 0 Å². The van der Waals surface area contributed by atoms with Crippen molar-refractivity contribution in [1.29, 1.82) is 0 Å². The lowest BCUT2D eigenvalue weighted by Crippen LogP contribution is -2.43. The maximum Gasteiger partial charge on any atom is 0.407 e. The minimum atomic E-state index is -0.494. The first-order valence-corrected chi connectivity index (χ1v) is 14.8. The molecule has 1 aliphatic rings. The molecule has 3 rings (SSSR count). The lowest BCUT2D eigenvalue weighted by Gasteiger charge is -2.32. The van der Waals surface area contributed by atoms with E-state index < -0.39 is 18.3 Å². The number of alkyl carbamates (subject to hydrolysis) is 1. The highest BCUT2D eigenvalue weighted by Crippen LogP contribution is 2.24. The lowest BCUT2D eigenvalue weighted by atomic mass is 9.95. The summed E-state index contributed by atoms with van der Waals surface area (Å²) in [5, 5.41) is 6.92. The Hall–Kier alpha value is -3.56. The zero-order valence-electron chi connectivity index (χ0n) is 25.4. The number of hydrogen-bond acceptors (Lipinski definition) is 8. The average Bonchev–Trinajstić information content (AvgIpc) is 3.00. The van der Waals surface area contributed by atoms with Crippen molar-refractivity contribution in [2.24, 2.45) is 17.0 Å². The molecule has 1 N–H and O–H groups in total. The Balaban J connectivity index is 1.50. The standard InChI is InChI=1S/C33H46N2O7/c1-6-19-34-33(36)39-23-31-30(41-28-14-12-27(37-5)13-15-28)17-16-29(42-31)18-20-40-35-21-25(4)32(24(2)3)38-22-26-10-8-7-9-11-26/h7-17,21,24-25,29-32H,6,18-20,22-23H2,1-5H3,(H,34,36)/t25-,29+,30+,31-,32-/m1/s1. The van der Waals surface area contributed by atoms with Gasteiger partial charge >= 0.3 is 6.09 Å². The molecule has 5 atom stereocenters. The van der Waals surface area contributed by atoms with E-state index in [2.05, 4.69) is 43.4 Å². The van der Waals surface area contributed by atoms with Gasteiger partial charge in [0.2, 0.25) is 0 Å². The molecule has 1 heterocycles. The van der Waals surface area contributed by atoms with Gasteiger partial charge in [0, 0.05) is 25.1 Å². The summed E-state index contributed by atoms with van der Waals surface area (Å²) in [7, 11) is 1.62. The minimum absolute atomic E-state index is 0.0140. The molecule has 9 nitrogen and oxygen atoms in total. The number of ether oxygens (including phenoxy) is 5. The zero-order chi connectivity index (χ0) is 30.2. The van der Waals surface area contributed by atoms with Crippen molar-refractivity contribution < 1.29 is 33.3 Å². The van der Waals surface area contributed by atoms with Gasteiger partial charge in [0.05, 0.1) is 25.9 Å². The van der Waals surface area contributed by atoms with Crippen LogP contribution in [-0.4, -0.2) is 63.6 Å². The quantitative estimate of drug-likeness (QED) is 0.103. The summed E-state index contributed by atoms with van der Waals surface area (Å²) in [5.74, 6) is 1.80. The van der Waals surface area contributed by atoms with Gasteiger partial charge < -0.3 is 33.8 Å². The predicted octanol–water partition coefficient (Wildman–Crippen LogP) is 6.17. The highest BCUT2D eigenvalue weighted by Gasteiger charge is 2.30. The molecule has 0 aliphatic carbocycles. The minimum Gasteiger partial charge on any atom is -0.497 e. The molecule has 0 saturated carbocycles. The van der Waals surface area contributed by atoms with Gasteiger partial charge in [0.1, 0.15) is 36.9 Å². The van der Waals surface area contributed by atoms with Crippen LogP contribution in [0.5, 0.6) is 11.5 Å². The number of carbonyl (C=O) groups is 1. The van der Waals surface area contributed by atoms with Crippen molar-refractivity contribution in [3.05, 3.63) is 72.3 Å². The van der Waals surface area contributed by atoms with E-state index in [0.29, 0.717) is 37.8 Å². The summed E-state index contributed by atoms with van der Waals surface area (Å²) >= 11 is 0. The third-order valence-electron chi connectivity index (χ3n) is 6.79. The molecule has 230 valence electrons. The van der Waals surface area contributed by atoms with Gasteiger partial charge in [-0.25, -0.2) is 4.79 Å². The summed E-state index contributed by atoms with van der Waals surface area (Å²) < 4.78 is 29.2. The highest BCUT2D eigenvalue weighted by atomic mass is 16.6. The van der Waals surface area contributed by atoms with Crippen molar-refractivity contribution in [3.63, 3.8) is 0 Å². The molecule has 0 saturated heterocycles. The molecule has 2 aromatic carbocycles. The van der Waals surface area contributed by atoms with E-state index in [-0.39, 0.29) is 24.7 Å². The van der Waals surface area contributed by atoms with Crippen LogP contribution in [0.3, 0.4) is 0 Å². The summed E-state index contributed by atoms with van der Waals surface area (Å²) in [6.07, 6.45) is 5.47. The van der Waals surface area contributed by atoms with Crippen LogP contribution in [0.15, 0.2) is 71.9 Å². The van der Waals surface area contributed by atoms with Crippen molar-refractivity contribution >= 4 is 12.3 Å². The molecule has 42 heavy (non-hydrogen) atoms. The van der Waals surface area contributed by atoms with Crippen molar-refractivity contribution in [2.45, 2.75) is 71.6 Å². The van der Waals surface area contributed by atoms with Crippen LogP contribution in [0, 0.1) is 11.8 Å². The number of oxime groups is 1. The van der Waals surface area contributed by atoms with E-state index in [1.807, 2.05) is 61.5 Å². The molecule has 0 spiro atoms. The SMILES string of the molecule is CCCNC(=O)OC[C@H]1O[C@H](CCON=C[C@@H](C)[C@H](OCc2ccccc2)C(C)C)C=C[C@@H]1Oc1ccc(OC)cc1. The van der Waals surface area contributed by atoms with Crippen LogP contribution in [0.4, 0.5) is 4.79 Å². The lowest BCUT2D eigenvalue weighted by molar-refractivity contribution is -0.0808. The number of nitrogens with one attached hydrogen (secondary N) is 1. The van der Waals surface area contributed by atoms with Crippen LogP contribution in [0.2, 0.25) is 0 Å². The number of amides is 1. The first-order valence-electron chi connectivity index (χ1n) is 14.8. The number of benzene rings is 2. The predicted molar refractivity (Wildman–Crippen MR) is 163 cm³/mol. The van der Waals surface area contributed by atoms with Crippen molar-refractivity contribution in [3.8, 4) is 11.5 Å². The van der Waals surface area contributed by atoms with Gasteiger partial charge in [-0.2, -0.15) is 0 Å². The Kier molecular flexibility index (Phi) is 14.2. The summed E-state index contributed by atoms with van der Waals surface area (Å²) in [6.45, 7) is 9.87. The van der Waals surface area contributed by atoms with E-state index in [1.54, 1.807) is 13.3 Å². The number of nitrogens with zero attached hydrogens (tertiary/aromatic N) is 1. The monoisotopic (exact) mass is 582 g/mol. The molecule has 1 aliphatic heterocycles. The molecule has 1 amide bonds. The third-order valence-corrected chi connectivity index (χ3v) is 6.79. The third kappa shape index (κ3) is 11.4. The largest absolute Gasteiger partial charge is 0.497 e. The van der Waals surface area contributed by atoms with Gasteiger partial charge in [-0.1, -0.05) is 69.3 Å². The second-order valence-corrected chi connectivity index (χ2v) is 10.6. The maximum atomic E-state index is 12.1. The fourth-order valence-electron chi connectivity index (χ4n) is 4.53. The molecule has 2 aromatic rings. The van der Waals surface area contributed by atoms with E-state index in [0.717, 1.165) is 17.7 Å². The Morgan fingerprint density at radius 1 is 1.05 bits per heavy atom. The molecule has 0 unspecified atom stereocenters. The molecule has 0 fully saturated rings. The number of methoxy groups -OCH3 is 1. The van der Waals surface area contributed by atoms with Crippen LogP contribution >= 0.6 is 0 Å². The Labute approximate surface area is 250 Å². The van der Waals surface area contributed by atoms with Gasteiger partial charge in [-0.3, -0.25) is 0 Å². The smallest absolute Gasteiger partial charge is 0.407 e. The fraction of sp³-hybridized carbons (Fsp3) is 0.515.